The number of H-pyrrole nitrogens is 1. The normalized spacial score (nSPS) is 12.0. The van der Waals surface area contributed by atoms with E-state index in [-0.39, 0.29) is 11.4 Å². The number of aromatic amines is 1. The summed E-state index contributed by atoms with van der Waals surface area (Å²) in [6, 6.07) is 4.87. The molecule has 6 nitrogen and oxygen atoms in total. The predicted octanol–water partition coefficient (Wildman–Crippen LogP) is 1.07. The Hall–Kier alpha value is -1.80. The van der Waals surface area contributed by atoms with Crippen molar-refractivity contribution in [1.82, 2.24) is 19.5 Å². The van der Waals surface area contributed by atoms with Gasteiger partial charge in [0.1, 0.15) is 11.6 Å². The molecule has 19 heavy (non-hydrogen) atoms. The van der Waals surface area contributed by atoms with Crippen LogP contribution in [0.15, 0.2) is 29.2 Å². The van der Waals surface area contributed by atoms with Crippen molar-refractivity contribution in [2.75, 3.05) is 7.05 Å². The van der Waals surface area contributed by atoms with Gasteiger partial charge in [-0.25, -0.2) is 17.8 Å². The van der Waals surface area contributed by atoms with E-state index in [0.717, 1.165) is 10.4 Å². The van der Waals surface area contributed by atoms with E-state index < -0.39 is 15.8 Å². The zero-order chi connectivity index (χ0) is 14.0. The van der Waals surface area contributed by atoms with Crippen molar-refractivity contribution in [3.63, 3.8) is 0 Å². The molecule has 0 unspecified atom stereocenters. The smallest absolute Gasteiger partial charge is 0.243 e. The molecule has 8 heteroatoms. The van der Waals surface area contributed by atoms with Gasteiger partial charge >= 0.3 is 0 Å². The summed E-state index contributed by atoms with van der Waals surface area (Å²) in [5.41, 5.74) is 0. The van der Waals surface area contributed by atoms with Crippen LogP contribution in [0.2, 0.25) is 0 Å². The SMILES string of the molecule is Cc1nc(CN(C)S(=O)(=O)c2cccc(F)c2)n[nH]1. The molecule has 1 N–H and O–H groups in total. The molecule has 0 fully saturated rings. The fourth-order valence-electron chi connectivity index (χ4n) is 1.55. The van der Waals surface area contributed by atoms with Crippen LogP contribution in [0.1, 0.15) is 11.6 Å². The number of aromatic nitrogens is 3. The molecule has 1 aromatic carbocycles. The van der Waals surface area contributed by atoms with E-state index in [2.05, 4.69) is 15.2 Å². The average molecular weight is 284 g/mol. The summed E-state index contributed by atoms with van der Waals surface area (Å²) in [5.74, 6) is 0.370. The molecule has 0 aliphatic carbocycles. The Kier molecular flexibility index (Phi) is 3.63. The standard InChI is InChI=1S/C11H13FN4O2S/c1-8-13-11(15-14-8)7-16(2)19(17,18)10-5-3-4-9(12)6-10/h3-6H,7H2,1-2H3,(H,13,14,15). The number of rotatable bonds is 4. The Balaban J connectivity index is 2.24. The minimum Gasteiger partial charge on any atom is -0.263 e. The first-order valence-electron chi connectivity index (χ1n) is 5.49. The van der Waals surface area contributed by atoms with Gasteiger partial charge in [0.05, 0.1) is 11.4 Å². The molecule has 0 saturated heterocycles. The third-order valence-corrected chi connectivity index (χ3v) is 4.31. The molecule has 0 atom stereocenters. The second kappa shape index (κ2) is 5.06. The summed E-state index contributed by atoms with van der Waals surface area (Å²) in [6.45, 7) is 1.74. The maximum Gasteiger partial charge on any atom is 0.243 e. The highest BCUT2D eigenvalue weighted by Crippen LogP contribution is 2.16. The van der Waals surface area contributed by atoms with Gasteiger partial charge in [-0.15, -0.1) is 0 Å². The number of halogens is 1. The number of aryl methyl sites for hydroxylation is 1. The number of hydrogen-bond acceptors (Lipinski definition) is 4. The number of nitrogens with one attached hydrogen (secondary N) is 1. The molecule has 0 radical (unpaired) electrons. The van der Waals surface area contributed by atoms with Gasteiger partial charge in [-0.2, -0.15) is 9.40 Å². The maximum atomic E-state index is 13.1. The first-order valence-corrected chi connectivity index (χ1v) is 6.93. The Labute approximate surface area is 110 Å². The predicted molar refractivity (Wildman–Crippen MR) is 66.2 cm³/mol. The lowest BCUT2D eigenvalue weighted by molar-refractivity contribution is 0.456. The fraction of sp³-hybridized carbons (Fsp3) is 0.273. The summed E-state index contributed by atoms with van der Waals surface area (Å²) in [6.07, 6.45) is 0. The molecule has 0 spiro atoms. The lowest BCUT2D eigenvalue weighted by atomic mass is 10.4. The van der Waals surface area contributed by atoms with E-state index in [1.807, 2.05) is 0 Å². The molecule has 0 amide bonds. The molecule has 1 aromatic heterocycles. The Morgan fingerprint density at radius 1 is 1.42 bits per heavy atom. The highest BCUT2D eigenvalue weighted by molar-refractivity contribution is 7.89. The molecular formula is C11H13FN4O2S. The molecule has 1 heterocycles. The van der Waals surface area contributed by atoms with E-state index in [1.165, 1.54) is 25.2 Å². The summed E-state index contributed by atoms with van der Waals surface area (Å²) in [5, 5.41) is 6.50. The van der Waals surface area contributed by atoms with Crippen LogP contribution in [0.5, 0.6) is 0 Å². The van der Waals surface area contributed by atoms with Crippen LogP contribution in [-0.2, 0) is 16.6 Å². The molecule has 2 rings (SSSR count). The monoisotopic (exact) mass is 284 g/mol. The number of sulfonamides is 1. The van der Waals surface area contributed by atoms with E-state index in [4.69, 9.17) is 0 Å². The zero-order valence-electron chi connectivity index (χ0n) is 10.5. The van der Waals surface area contributed by atoms with Crippen LogP contribution in [-0.4, -0.2) is 35.0 Å². The van der Waals surface area contributed by atoms with Crippen molar-refractivity contribution in [2.24, 2.45) is 0 Å². The lowest BCUT2D eigenvalue weighted by Crippen LogP contribution is -2.27. The zero-order valence-corrected chi connectivity index (χ0v) is 11.3. The van der Waals surface area contributed by atoms with Gasteiger partial charge in [-0.3, -0.25) is 5.10 Å². The highest BCUT2D eigenvalue weighted by atomic mass is 32.2. The van der Waals surface area contributed by atoms with Crippen molar-refractivity contribution in [2.45, 2.75) is 18.4 Å². The quantitative estimate of drug-likeness (QED) is 0.911. The van der Waals surface area contributed by atoms with Crippen LogP contribution in [0, 0.1) is 12.7 Å². The fourth-order valence-corrected chi connectivity index (χ4v) is 2.71. The number of hydrogen-bond donors (Lipinski definition) is 1. The minimum atomic E-state index is -3.75. The summed E-state index contributed by atoms with van der Waals surface area (Å²) >= 11 is 0. The lowest BCUT2D eigenvalue weighted by Gasteiger charge is -2.15. The second-order valence-electron chi connectivity index (χ2n) is 4.06. The van der Waals surface area contributed by atoms with Gasteiger partial charge in [-0.05, 0) is 25.1 Å². The Morgan fingerprint density at radius 3 is 2.74 bits per heavy atom. The van der Waals surface area contributed by atoms with Crippen molar-refractivity contribution >= 4 is 10.0 Å². The summed E-state index contributed by atoms with van der Waals surface area (Å²) < 4.78 is 38.5. The van der Waals surface area contributed by atoms with Crippen molar-refractivity contribution < 1.29 is 12.8 Å². The number of nitrogens with zero attached hydrogens (tertiary/aromatic N) is 3. The van der Waals surface area contributed by atoms with Crippen LogP contribution >= 0.6 is 0 Å². The van der Waals surface area contributed by atoms with Crippen molar-refractivity contribution in [1.29, 1.82) is 0 Å². The van der Waals surface area contributed by atoms with E-state index in [9.17, 15) is 12.8 Å². The van der Waals surface area contributed by atoms with Gasteiger partial charge in [-0.1, -0.05) is 6.07 Å². The van der Waals surface area contributed by atoms with Gasteiger partial charge < -0.3 is 0 Å². The first-order chi connectivity index (χ1) is 8.89. The largest absolute Gasteiger partial charge is 0.263 e. The van der Waals surface area contributed by atoms with Crippen LogP contribution in [0.3, 0.4) is 0 Å². The summed E-state index contributed by atoms with van der Waals surface area (Å²) in [4.78, 5) is 3.93. The van der Waals surface area contributed by atoms with Crippen molar-refractivity contribution in [3.8, 4) is 0 Å². The first kappa shape index (κ1) is 13.6. The second-order valence-corrected chi connectivity index (χ2v) is 6.10. The molecule has 2 aromatic rings. The van der Waals surface area contributed by atoms with E-state index in [0.29, 0.717) is 11.6 Å². The third-order valence-electron chi connectivity index (χ3n) is 2.51. The highest BCUT2D eigenvalue weighted by Gasteiger charge is 2.22. The Morgan fingerprint density at radius 2 is 2.16 bits per heavy atom. The van der Waals surface area contributed by atoms with Crippen molar-refractivity contribution in [3.05, 3.63) is 41.7 Å². The van der Waals surface area contributed by atoms with Crippen LogP contribution < -0.4 is 0 Å². The molecule has 102 valence electrons. The Bertz CT molecular complexity index is 684. The molecular weight excluding hydrogens is 271 g/mol. The third kappa shape index (κ3) is 2.96. The van der Waals surface area contributed by atoms with Gasteiger partial charge in [0, 0.05) is 7.05 Å². The number of benzene rings is 1. The van der Waals surface area contributed by atoms with E-state index in [1.54, 1.807) is 6.92 Å². The maximum absolute atomic E-state index is 13.1. The molecule has 0 bridgehead atoms. The molecule has 0 aliphatic rings. The van der Waals surface area contributed by atoms with Crippen LogP contribution in [0.25, 0.3) is 0 Å². The average Bonchev–Trinajstić information content (AvgIpc) is 2.74. The van der Waals surface area contributed by atoms with Gasteiger partial charge in [0.15, 0.2) is 5.82 Å². The van der Waals surface area contributed by atoms with Gasteiger partial charge in [0.25, 0.3) is 0 Å². The molecule has 0 saturated carbocycles. The van der Waals surface area contributed by atoms with Crippen LogP contribution in [0.4, 0.5) is 4.39 Å². The molecule has 0 aliphatic heterocycles. The van der Waals surface area contributed by atoms with E-state index >= 15 is 0 Å². The topological polar surface area (TPSA) is 79.0 Å². The van der Waals surface area contributed by atoms with Gasteiger partial charge in [0.2, 0.25) is 10.0 Å². The minimum absolute atomic E-state index is 0.0171. The summed E-state index contributed by atoms with van der Waals surface area (Å²) in [7, 11) is -2.36.